The van der Waals surface area contributed by atoms with Crippen molar-refractivity contribution in [1.29, 1.82) is 0 Å². The number of rotatable bonds is 9. The fraction of sp³-hybridized carbons (Fsp3) is 0.458. The average Bonchev–Trinajstić information content (AvgIpc) is 2.84. The van der Waals surface area contributed by atoms with E-state index in [1.807, 2.05) is 18.6 Å². The van der Waals surface area contributed by atoms with Crippen LogP contribution in [0.2, 0.25) is 10.0 Å². The predicted octanol–water partition coefficient (Wildman–Crippen LogP) is 5.15. The van der Waals surface area contributed by atoms with Crippen LogP contribution < -0.4 is 14.2 Å². The Kier molecular flexibility index (Phi) is 9.60. The van der Waals surface area contributed by atoms with Crippen LogP contribution in [-0.2, 0) is 19.6 Å². The number of benzene rings is 1. The molecule has 0 unspecified atom stereocenters. The number of halogens is 3. The molecule has 202 valence electrons. The molecule has 0 atom stereocenters. The maximum Gasteiger partial charge on any atom is 0.308 e. The van der Waals surface area contributed by atoms with E-state index in [9.17, 15) is 22.4 Å². The molecule has 1 fully saturated rings. The van der Waals surface area contributed by atoms with Gasteiger partial charge >= 0.3 is 5.97 Å². The third kappa shape index (κ3) is 7.45. The Labute approximate surface area is 224 Å². The van der Waals surface area contributed by atoms with Gasteiger partial charge in [-0.25, -0.2) is 22.5 Å². The van der Waals surface area contributed by atoms with Crippen molar-refractivity contribution in [2.24, 2.45) is 11.8 Å². The lowest BCUT2D eigenvalue weighted by Crippen LogP contribution is -2.41. The third-order valence-electron chi connectivity index (χ3n) is 5.71. The molecule has 1 aliphatic rings. The summed E-state index contributed by atoms with van der Waals surface area (Å²) >= 11 is 12.4. The Morgan fingerprint density at radius 1 is 1.14 bits per heavy atom. The highest BCUT2D eigenvalue weighted by Gasteiger charge is 2.35. The van der Waals surface area contributed by atoms with Gasteiger partial charge in [-0.05, 0) is 37.7 Å². The monoisotopic (exact) mass is 576 g/mol. The van der Waals surface area contributed by atoms with E-state index in [1.165, 1.54) is 19.4 Å². The first-order valence-electron chi connectivity index (χ1n) is 11.5. The summed E-state index contributed by atoms with van der Waals surface area (Å²) in [6, 6.07) is 3.25. The zero-order valence-corrected chi connectivity index (χ0v) is 22.8. The van der Waals surface area contributed by atoms with Crippen LogP contribution in [-0.4, -0.2) is 44.2 Å². The number of ether oxygens (including phenoxy) is 3. The third-order valence-corrected chi connectivity index (χ3v) is 8.10. The molecule has 1 aliphatic carbocycles. The predicted molar refractivity (Wildman–Crippen MR) is 135 cm³/mol. The topological polar surface area (TPSA) is 121 Å². The molecule has 0 bridgehead atoms. The highest BCUT2D eigenvalue weighted by atomic mass is 35.5. The zero-order valence-electron chi connectivity index (χ0n) is 20.4. The minimum absolute atomic E-state index is 0.131. The Bertz CT molecular complexity index is 1270. The summed E-state index contributed by atoms with van der Waals surface area (Å²) < 4.78 is 57.9. The number of esters is 1. The number of methoxy groups -OCH3 is 1. The molecule has 1 heterocycles. The van der Waals surface area contributed by atoms with E-state index < -0.39 is 38.5 Å². The van der Waals surface area contributed by atoms with Crippen molar-refractivity contribution in [2.45, 2.75) is 44.8 Å². The number of carbonyl (C=O) groups excluding carboxylic acids is 2. The molecule has 37 heavy (non-hydrogen) atoms. The summed E-state index contributed by atoms with van der Waals surface area (Å²) in [7, 11) is -2.85. The highest BCUT2D eigenvalue weighted by molar-refractivity contribution is 7.90. The minimum Gasteiger partial charge on any atom is -0.476 e. The summed E-state index contributed by atoms with van der Waals surface area (Å²) in [5, 5.41) is -0.862. The van der Waals surface area contributed by atoms with E-state index in [4.69, 9.17) is 37.4 Å². The molecule has 1 amide bonds. The van der Waals surface area contributed by atoms with Crippen LogP contribution in [0.4, 0.5) is 4.39 Å². The first kappa shape index (κ1) is 28.9. The molecular formula is C24H27Cl2FN2O7S. The van der Waals surface area contributed by atoms with Crippen LogP contribution in [0, 0.1) is 17.7 Å². The molecule has 9 nitrogen and oxygen atoms in total. The van der Waals surface area contributed by atoms with Crippen molar-refractivity contribution in [3.8, 4) is 17.4 Å². The van der Waals surface area contributed by atoms with Gasteiger partial charge in [0.15, 0.2) is 0 Å². The van der Waals surface area contributed by atoms with Gasteiger partial charge in [-0.1, -0.05) is 37.0 Å². The number of nitrogens with one attached hydrogen (secondary N) is 1. The van der Waals surface area contributed by atoms with Gasteiger partial charge in [-0.15, -0.1) is 0 Å². The second kappa shape index (κ2) is 12.3. The molecule has 3 rings (SSSR count). The SMILES string of the molecule is COC(=O)C1CCC(S(=O)(=O)NC(=O)c2cc(Cl)c(Oc3cnc(OCC(C)C)c(Cl)c3)cc2F)CC1. The van der Waals surface area contributed by atoms with Crippen LogP contribution in [0.1, 0.15) is 49.9 Å². The largest absolute Gasteiger partial charge is 0.476 e. The van der Waals surface area contributed by atoms with Crippen LogP contribution in [0.3, 0.4) is 0 Å². The fourth-order valence-corrected chi connectivity index (χ4v) is 5.61. The number of hydrogen-bond donors (Lipinski definition) is 1. The molecule has 0 saturated heterocycles. The van der Waals surface area contributed by atoms with Gasteiger partial charge in [0.25, 0.3) is 5.91 Å². The van der Waals surface area contributed by atoms with E-state index in [1.54, 1.807) is 0 Å². The van der Waals surface area contributed by atoms with E-state index >= 15 is 0 Å². The maximum atomic E-state index is 14.8. The first-order valence-corrected chi connectivity index (χ1v) is 13.8. The normalized spacial score (nSPS) is 17.8. The molecular weight excluding hydrogens is 550 g/mol. The number of amides is 1. The van der Waals surface area contributed by atoms with Gasteiger partial charge in [-0.2, -0.15) is 0 Å². The number of sulfonamides is 1. The van der Waals surface area contributed by atoms with E-state index in [-0.39, 0.29) is 52.1 Å². The van der Waals surface area contributed by atoms with Crippen molar-refractivity contribution in [3.05, 3.63) is 45.8 Å². The quantitative estimate of drug-likeness (QED) is 0.407. The summed E-state index contributed by atoms with van der Waals surface area (Å²) in [5.74, 6) is -2.50. The number of pyridine rings is 1. The van der Waals surface area contributed by atoms with E-state index in [2.05, 4.69) is 4.98 Å². The smallest absolute Gasteiger partial charge is 0.308 e. The fourth-order valence-electron chi connectivity index (χ4n) is 3.77. The Morgan fingerprint density at radius 2 is 1.81 bits per heavy atom. The van der Waals surface area contributed by atoms with E-state index in [0.717, 1.165) is 12.1 Å². The molecule has 2 aromatic rings. The number of nitrogens with zero attached hydrogens (tertiary/aromatic N) is 1. The Balaban J connectivity index is 1.68. The zero-order chi connectivity index (χ0) is 27.3. The molecule has 1 aromatic carbocycles. The van der Waals surface area contributed by atoms with Gasteiger partial charge in [-0.3, -0.25) is 9.59 Å². The van der Waals surface area contributed by atoms with Crippen LogP contribution >= 0.6 is 23.2 Å². The van der Waals surface area contributed by atoms with Gasteiger partial charge in [0.05, 0.1) is 41.7 Å². The number of carbonyl (C=O) groups is 2. The summed E-state index contributed by atoms with van der Waals surface area (Å²) in [6.45, 7) is 4.36. The van der Waals surface area contributed by atoms with Crippen LogP contribution in [0.5, 0.6) is 17.4 Å². The van der Waals surface area contributed by atoms with Crippen LogP contribution in [0.15, 0.2) is 24.4 Å². The minimum atomic E-state index is -4.12. The van der Waals surface area contributed by atoms with Gasteiger partial charge in [0, 0.05) is 12.1 Å². The maximum absolute atomic E-state index is 14.8. The molecule has 0 radical (unpaired) electrons. The second-order valence-corrected chi connectivity index (χ2v) is 11.8. The Hall–Kier alpha value is -2.63. The van der Waals surface area contributed by atoms with Crippen LogP contribution in [0.25, 0.3) is 0 Å². The van der Waals surface area contributed by atoms with Gasteiger partial charge in [0.2, 0.25) is 15.9 Å². The standard InChI is InChI=1S/C24H27Cl2FN2O7S/c1-13(2)12-35-23-19(26)8-15(11-28-23)36-21-10-20(27)17(9-18(21)25)22(30)29-37(32,33)16-6-4-14(5-7-16)24(31)34-3/h8-11,13-14,16H,4-7,12H2,1-3H3,(H,29,30). The first-order chi connectivity index (χ1) is 17.4. The number of aromatic nitrogens is 1. The Morgan fingerprint density at radius 3 is 2.41 bits per heavy atom. The number of hydrogen-bond acceptors (Lipinski definition) is 8. The second-order valence-electron chi connectivity index (χ2n) is 9.00. The summed E-state index contributed by atoms with van der Waals surface area (Å²) in [5.41, 5.74) is -0.572. The van der Waals surface area contributed by atoms with Gasteiger partial charge < -0.3 is 14.2 Å². The van der Waals surface area contributed by atoms with Crippen molar-refractivity contribution >= 4 is 45.1 Å². The van der Waals surface area contributed by atoms with Crippen molar-refractivity contribution in [1.82, 2.24) is 9.71 Å². The lowest BCUT2D eigenvalue weighted by molar-refractivity contribution is -0.146. The molecule has 0 spiro atoms. The molecule has 0 aliphatic heterocycles. The van der Waals surface area contributed by atoms with E-state index in [0.29, 0.717) is 19.4 Å². The molecule has 1 saturated carbocycles. The molecule has 13 heteroatoms. The lowest BCUT2D eigenvalue weighted by Gasteiger charge is -2.26. The van der Waals surface area contributed by atoms with Gasteiger partial charge in [0.1, 0.15) is 22.3 Å². The van der Waals surface area contributed by atoms with Crippen molar-refractivity contribution < 1.29 is 36.6 Å². The summed E-state index contributed by atoms with van der Waals surface area (Å²) in [6.07, 6.45) is 2.26. The average molecular weight is 577 g/mol. The highest BCUT2D eigenvalue weighted by Crippen LogP contribution is 2.35. The molecule has 1 aromatic heterocycles. The lowest BCUT2D eigenvalue weighted by atomic mass is 9.89. The molecule has 1 N–H and O–H groups in total. The van der Waals surface area contributed by atoms with Crippen molar-refractivity contribution in [3.63, 3.8) is 0 Å². The summed E-state index contributed by atoms with van der Waals surface area (Å²) in [4.78, 5) is 28.3. The van der Waals surface area contributed by atoms with Crippen molar-refractivity contribution in [2.75, 3.05) is 13.7 Å².